The van der Waals surface area contributed by atoms with E-state index in [1.807, 2.05) is 0 Å². The number of fused-ring (bicyclic) bond motifs is 1. The number of hydrogen-bond acceptors (Lipinski definition) is 4. The molecule has 0 fully saturated rings. The average Bonchev–Trinajstić information content (AvgIpc) is 2.27. The third-order valence-electron chi connectivity index (χ3n) is 2.32. The third-order valence-corrected chi connectivity index (χ3v) is 2.32. The van der Waals surface area contributed by atoms with Crippen LogP contribution in [0.25, 0.3) is 0 Å². The molecule has 1 aliphatic rings. The molecule has 16 heavy (non-hydrogen) atoms. The summed E-state index contributed by atoms with van der Waals surface area (Å²) < 4.78 is 10.7. The Morgan fingerprint density at radius 2 is 2.12 bits per heavy atom. The van der Waals surface area contributed by atoms with Gasteiger partial charge in [0.15, 0.2) is 11.5 Å². The molecule has 2 N–H and O–H groups in total. The maximum atomic E-state index is 10.5. The molecule has 0 saturated heterocycles. The predicted molar refractivity (Wildman–Crippen MR) is 54.6 cm³/mol. The molecule has 5 nitrogen and oxygen atoms in total. The first kappa shape index (κ1) is 10.8. The van der Waals surface area contributed by atoms with E-state index in [1.165, 1.54) is 0 Å². The maximum Gasteiger partial charge on any atom is 0.306 e. The van der Waals surface area contributed by atoms with Crippen LogP contribution < -0.4 is 9.47 Å². The van der Waals surface area contributed by atoms with Gasteiger partial charge >= 0.3 is 5.97 Å². The number of aliphatic hydroxyl groups excluding tert-OH is 1. The second-order valence-electron chi connectivity index (χ2n) is 3.49. The number of hydrogen-bond donors (Lipinski definition) is 2. The highest BCUT2D eigenvalue weighted by Gasteiger charge is 2.22. The summed E-state index contributed by atoms with van der Waals surface area (Å²) in [4.78, 5) is 10.5. The number of para-hydroxylation sites is 1. The smallest absolute Gasteiger partial charge is 0.306 e. The Bertz CT molecular complexity index is 401. The van der Waals surface area contributed by atoms with Gasteiger partial charge in [-0.25, -0.2) is 0 Å². The Morgan fingerprint density at radius 3 is 2.88 bits per heavy atom. The Morgan fingerprint density at radius 1 is 1.38 bits per heavy atom. The molecule has 86 valence electrons. The van der Waals surface area contributed by atoms with Crippen molar-refractivity contribution in [1.29, 1.82) is 0 Å². The van der Waals surface area contributed by atoms with E-state index in [9.17, 15) is 9.90 Å². The highest BCUT2D eigenvalue weighted by atomic mass is 16.6. The quantitative estimate of drug-likeness (QED) is 0.799. The molecule has 0 unspecified atom stereocenters. The van der Waals surface area contributed by atoms with Gasteiger partial charge in [0.2, 0.25) is 0 Å². The maximum absolute atomic E-state index is 10.5. The van der Waals surface area contributed by atoms with Gasteiger partial charge in [-0.3, -0.25) is 4.79 Å². The van der Waals surface area contributed by atoms with Crippen LogP contribution in [-0.2, 0) is 4.79 Å². The van der Waals surface area contributed by atoms with Crippen molar-refractivity contribution in [2.75, 3.05) is 13.2 Å². The lowest BCUT2D eigenvalue weighted by molar-refractivity contribution is -0.139. The number of benzene rings is 1. The van der Waals surface area contributed by atoms with Gasteiger partial charge in [-0.2, -0.15) is 0 Å². The van der Waals surface area contributed by atoms with E-state index in [4.69, 9.17) is 14.6 Å². The van der Waals surface area contributed by atoms with Crippen LogP contribution in [0.1, 0.15) is 18.1 Å². The standard InChI is InChI=1S/C11H12O5/c12-8(6-10(13)14)7-2-1-3-9-11(7)16-5-4-15-9/h1-3,8,12H,4-6H2,(H,13,14)/t8-/m0/s1. The normalized spacial score (nSPS) is 15.6. The van der Waals surface area contributed by atoms with Crippen LogP contribution in [0.5, 0.6) is 11.5 Å². The van der Waals surface area contributed by atoms with Crippen molar-refractivity contribution >= 4 is 5.97 Å². The minimum Gasteiger partial charge on any atom is -0.486 e. The molecule has 1 aromatic rings. The number of carboxylic acid groups (broad SMARTS) is 1. The van der Waals surface area contributed by atoms with E-state index in [0.717, 1.165) is 0 Å². The van der Waals surface area contributed by atoms with Crippen molar-refractivity contribution in [3.8, 4) is 11.5 Å². The molecule has 0 amide bonds. The first-order chi connectivity index (χ1) is 7.68. The van der Waals surface area contributed by atoms with Crippen molar-refractivity contribution < 1.29 is 24.5 Å². The van der Waals surface area contributed by atoms with Crippen LogP contribution in [0.15, 0.2) is 18.2 Å². The van der Waals surface area contributed by atoms with Crippen LogP contribution in [0.4, 0.5) is 0 Å². The summed E-state index contributed by atoms with van der Waals surface area (Å²) in [5.41, 5.74) is 0.458. The first-order valence-electron chi connectivity index (χ1n) is 4.97. The number of ether oxygens (including phenoxy) is 2. The molecule has 0 radical (unpaired) electrons. The predicted octanol–water partition coefficient (Wildman–Crippen LogP) is 0.966. The topological polar surface area (TPSA) is 76.0 Å². The van der Waals surface area contributed by atoms with Crippen LogP contribution in [0.2, 0.25) is 0 Å². The highest BCUT2D eigenvalue weighted by Crippen LogP contribution is 2.37. The van der Waals surface area contributed by atoms with E-state index in [-0.39, 0.29) is 6.42 Å². The zero-order chi connectivity index (χ0) is 11.5. The van der Waals surface area contributed by atoms with Crippen LogP contribution in [0, 0.1) is 0 Å². The molecule has 2 rings (SSSR count). The molecule has 0 bridgehead atoms. The van der Waals surface area contributed by atoms with Crippen molar-refractivity contribution in [3.05, 3.63) is 23.8 Å². The summed E-state index contributed by atoms with van der Waals surface area (Å²) in [6, 6.07) is 5.07. The van der Waals surface area contributed by atoms with Crippen LogP contribution in [0.3, 0.4) is 0 Å². The average molecular weight is 224 g/mol. The fourth-order valence-electron chi connectivity index (χ4n) is 1.63. The largest absolute Gasteiger partial charge is 0.486 e. The summed E-state index contributed by atoms with van der Waals surface area (Å²) in [6.45, 7) is 0.870. The monoisotopic (exact) mass is 224 g/mol. The lowest BCUT2D eigenvalue weighted by atomic mass is 10.0. The second-order valence-corrected chi connectivity index (χ2v) is 3.49. The van der Waals surface area contributed by atoms with Crippen molar-refractivity contribution in [2.24, 2.45) is 0 Å². The van der Waals surface area contributed by atoms with E-state index < -0.39 is 12.1 Å². The minimum absolute atomic E-state index is 0.347. The molecule has 0 saturated carbocycles. The molecular weight excluding hydrogens is 212 g/mol. The molecule has 1 aromatic carbocycles. The Balaban J connectivity index is 2.29. The van der Waals surface area contributed by atoms with Crippen molar-refractivity contribution in [3.63, 3.8) is 0 Å². The van der Waals surface area contributed by atoms with E-state index in [1.54, 1.807) is 18.2 Å². The van der Waals surface area contributed by atoms with E-state index in [0.29, 0.717) is 30.3 Å². The molecular formula is C11H12O5. The number of rotatable bonds is 3. The van der Waals surface area contributed by atoms with Gasteiger partial charge in [-0.05, 0) is 6.07 Å². The lowest BCUT2D eigenvalue weighted by Gasteiger charge is -2.22. The van der Waals surface area contributed by atoms with Gasteiger partial charge in [0.25, 0.3) is 0 Å². The van der Waals surface area contributed by atoms with Gasteiger partial charge in [0.05, 0.1) is 12.5 Å². The summed E-state index contributed by atoms with van der Waals surface area (Å²) in [7, 11) is 0. The first-order valence-corrected chi connectivity index (χ1v) is 4.97. The second kappa shape index (κ2) is 4.40. The summed E-state index contributed by atoms with van der Waals surface area (Å²) >= 11 is 0. The zero-order valence-electron chi connectivity index (χ0n) is 8.55. The number of aliphatic hydroxyl groups is 1. The van der Waals surface area contributed by atoms with Crippen LogP contribution in [-0.4, -0.2) is 29.4 Å². The summed E-state index contributed by atoms with van der Waals surface area (Å²) in [6.07, 6.45) is -1.42. The summed E-state index contributed by atoms with van der Waals surface area (Å²) in [5, 5.41) is 18.3. The van der Waals surface area contributed by atoms with E-state index >= 15 is 0 Å². The van der Waals surface area contributed by atoms with Gasteiger partial charge in [-0.1, -0.05) is 12.1 Å². The Hall–Kier alpha value is -1.75. The van der Waals surface area contributed by atoms with E-state index in [2.05, 4.69) is 0 Å². The lowest BCUT2D eigenvalue weighted by Crippen LogP contribution is -2.18. The number of carbonyl (C=O) groups is 1. The van der Waals surface area contributed by atoms with Gasteiger partial charge in [0, 0.05) is 5.56 Å². The minimum atomic E-state index is -1.07. The number of carboxylic acids is 1. The Labute approximate surface area is 92.2 Å². The van der Waals surface area contributed by atoms with Gasteiger partial charge in [0.1, 0.15) is 13.2 Å². The van der Waals surface area contributed by atoms with Crippen molar-refractivity contribution in [2.45, 2.75) is 12.5 Å². The van der Waals surface area contributed by atoms with Gasteiger partial charge in [-0.15, -0.1) is 0 Å². The zero-order valence-corrected chi connectivity index (χ0v) is 8.55. The van der Waals surface area contributed by atoms with Crippen LogP contribution >= 0.6 is 0 Å². The highest BCUT2D eigenvalue weighted by molar-refractivity contribution is 5.68. The Kier molecular flexibility index (Phi) is 2.96. The molecule has 0 aliphatic carbocycles. The molecule has 1 atom stereocenters. The molecule has 0 aromatic heterocycles. The van der Waals surface area contributed by atoms with Gasteiger partial charge < -0.3 is 19.7 Å². The number of aliphatic carboxylic acids is 1. The molecule has 0 spiro atoms. The van der Waals surface area contributed by atoms with Crippen molar-refractivity contribution in [1.82, 2.24) is 0 Å². The summed E-state index contributed by atoms with van der Waals surface area (Å²) in [5.74, 6) is -0.0579. The third kappa shape index (κ3) is 2.09. The fourth-order valence-corrected chi connectivity index (χ4v) is 1.63. The molecule has 1 heterocycles. The molecule has 1 aliphatic heterocycles. The molecule has 5 heteroatoms. The fraction of sp³-hybridized carbons (Fsp3) is 0.364. The SMILES string of the molecule is O=C(O)C[C@H](O)c1cccc2c1OCCO2.